The van der Waals surface area contributed by atoms with E-state index in [9.17, 15) is 14.4 Å². The van der Waals surface area contributed by atoms with E-state index in [1.807, 2.05) is 19.1 Å². The van der Waals surface area contributed by atoms with Gasteiger partial charge >= 0.3 is 0 Å². The van der Waals surface area contributed by atoms with Crippen molar-refractivity contribution in [2.24, 2.45) is 0 Å². The van der Waals surface area contributed by atoms with Gasteiger partial charge in [-0.15, -0.1) is 0 Å². The third-order valence-electron chi connectivity index (χ3n) is 4.08. The third-order valence-corrected chi connectivity index (χ3v) is 4.08. The first-order chi connectivity index (χ1) is 13.3. The Morgan fingerprint density at radius 2 is 1.50 bits per heavy atom. The van der Waals surface area contributed by atoms with Gasteiger partial charge in [0, 0.05) is 30.8 Å². The number of benzene rings is 2. The Balaban J connectivity index is 1.80. The maximum absolute atomic E-state index is 12.7. The van der Waals surface area contributed by atoms with Crippen LogP contribution in [0.25, 0.3) is 0 Å². The molecule has 146 valence electrons. The van der Waals surface area contributed by atoms with Crippen LogP contribution >= 0.6 is 0 Å². The molecule has 8 heteroatoms. The van der Waals surface area contributed by atoms with Gasteiger partial charge in [0.05, 0.1) is 6.04 Å². The number of rotatable bonds is 5. The molecule has 1 unspecified atom stereocenters. The van der Waals surface area contributed by atoms with Crippen LogP contribution in [0.3, 0.4) is 0 Å². The Morgan fingerprint density at radius 1 is 0.893 bits per heavy atom. The molecule has 1 atom stereocenters. The molecule has 3 N–H and O–H groups in total. The van der Waals surface area contributed by atoms with E-state index in [-0.39, 0.29) is 30.6 Å². The van der Waals surface area contributed by atoms with Crippen LogP contribution < -0.4 is 25.4 Å². The van der Waals surface area contributed by atoms with E-state index in [0.717, 1.165) is 5.56 Å². The number of anilines is 2. The van der Waals surface area contributed by atoms with Crippen LogP contribution in [0.4, 0.5) is 11.4 Å². The van der Waals surface area contributed by atoms with Crippen LogP contribution in [-0.4, -0.2) is 24.5 Å². The topological polar surface area (TPSA) is 106 Å². The first kappa shape index (κ1) is 19.2. The highest BCUT2D eigenvalue weighted by Gasteiger charge is 2.18. The molecule has 0 bridgehead atoms. The van der Waals surface area contributed by atoms with Crippen LogP contribution in [-0.2, 0) is 9.59 Å². The van der Waals surface area contributed by atoms with Gasteiger partial charge in [-0.1, -0.05) is 6.07 Å². The van der Waals surface area contributed by atoms with Gasteiger partial charge < -0.3 is 25.4 Å². The number of nitrogens with one attached hydrogen (secondary N) is 3. The van der Waals surface area contributed by atoms with Crippen molar-refractivity contribution >= 4 is 29.1 Å². The highest BCUT2D eigenvalue weighted by molar-refractivity contribution is 6.00. The lowest BCUT2D eigenvalue weighted by Gasteiger charge is -2.16. The molecule has 1 heterocycles. The number of hydrogen-bond acceptors (Lipinski definition) is 5. The van der Waals surface area contributed by atoms with Crippen molar-refractivity contribution in [2.75, 3.05) is 17.4 Å². The number of ether oxygens (including phenoxy) is 2. The molecule has 2 aromatic carbocycles. The van der Waals surface area contributed by atoms with Crippen molar-refractivity contribution in [3.8, 4) is 11.5 Å². The predicted molar refractivity (Wildman–Crippen MR) is 103 cm³/mol. The standard InChI is InChI=1S/C20H21N3O5/c1-11(14-4-5-18-19(8-14)28-10-27-18)21-20(26)15-6-16(22-12(2)24)9-17(7-15)23-13(3)25/h4-9,11H,10H2,1-3H3,(H,21,26)(H,22,24)(H,23,25). The monoisotopic (exact) mass is 383 g/mol. The average molecular weight is 383 g/mol. The van der Waals surface area contributed by atoms with Crippen LogP contribution in [0.2, 0.25) is 0 Å². The molecule has 3 amide bonds. The van der Waals surface area contributed by atoms with E-state index >= 15 is 0 Å². The minimum atomic E-state index is -0.344. The molecule has 0 fully saturated rings. The number of fused-ring (bicyclic) bond motifs is 1. The van der Waals surface area contributed by atoms with E-state index in [0.29, 0.717) is 28.4 Å². The van der Waals surface area contributed by atoms with Gasteiger partial charge in [-0.3, -0.25) is 14.4 Å². The Hall–Kier alpha value is -3.55. The highest BCUT2D eigenvalue weighted by Crippen LogP contribution is 2.34. The highest BCUT2D eigenvalue weighted by atomic mass is 16.7. The number of hydrogen-bond donors (Lipinski definition) is 3. The fourth-order valence-corrected chi connectivity index (χ4v) is 2.86. The summed E-state index contributed by atoms with van der Waals surface area (Å²) in [5, 5.41) is 8.16. The number of carbonyl (C=O) groups is 3. The zero-order chi connectivity index (χ0) is 20.3. The van der Waals surface area contributed by atoms with Crippen LogP contribution in [0.5, 0.6) is 11.5 Å². The van der Waals surface area contributed by atoms with Crippen molar-refractivity contribution < 1.29 is 23.9 Å². The van der Waals surface area contributed by atoms with Crippen molar-refractivity contribution in [3.63, 3.8) is 0 Å². The molecule has 0 radical (unpaired) electrons. The molecule has 0 saturated heterocycles. The lowest BCUT2D eigenvalue weighted by atomic mass is 10.1. The van der Waals surface area contributed by atoms with Crippen LogP contribution in [0.15, 0.2) is 36.4 Å². The molecular formula is C20H21N3O5. The normalized spacial score (nSPS) is 12.8. The van der Waals surface area contributed by atoms with E-state index in [1.165, 1.54) is 13.8 Å². The van der Waals surface area contributed by atoms with Gasteiger partial charge in [0.25, 0.3) is 5.91 Å². The van der Waals surface area contributed by atoms with Gasteiger partial charge in [-0.2, -0.15) is 0 Å². The minimum absolute atomic E-state index is 0.182. The Kier molecular flexibility index (Phi) is 5.49. The lowest BCUT2D eigenvalue weighted by Crippen LogP contribution is -2.27. The predicted octanol–water partition coefficient (Wildman–Crippen LogP) is 2.82. The quantitative estimate of drug-likeness (QED) is 0.736. The van der Waals surface area contributed by atoms with Gasteiger partial charge in [0.15, 0.2) is 11.5 Å². The molecule has 0 aliphatic carbocycles. The second kappa shape index (κ2) is 7.99. The largest absolute Gasteiger partial charge is 0.454 e. The van der Waals surface area contributed by atoms with E-state index in [1.54, 1.807) is 24.3 Å². The van der Waals surface area contributed by atoms with E-state index in [2.05, 4.69) is 16.0 Å². The fourth-order valence-electron chi connectivity index (χ4n) is 2.86. The van der Waals surface area contributed by atoms with Gasteiger partial charge in [-0.05, 0) is 42.8 Å². The van der Waals surface area contributed by atoms with E-state index in [4.69, 9.17) is 9.47 Å². The Labute approximate surface area is 162 Å². The summed E-state index contributed by atoms with van der Waals surface area (Å²) in [7, 11) is 0. The summed E-state index contributed by atoms with van der Waals surface area (Å²) in [5.41, 5.74) is 2.00. The first-order valence-electron chi connectivity index (χ1n) is 8.72. The molecule has 0 saturated carbocycles. The maximum atomic E-state index is 12.7. The molecule has 1 aliphatic heterocycles. The first-order valence-corrected chi connectivity index (χ1v) is 8.72. The van der Waals surface area contributed by atoms with E-state index < -0.39 is 0 Å². The molecule has 0 aromatic heterocycles. The molecule has 28 heavy (non-hydrogen) atoms. The smallest absolute Gasteiger partial charge is 0.251 e. The Morgan fingerprint density at radius 3 is 2.11 bits per heavy atom. The summed E-state index contributed by atoms with van der Waals surface area (Å²) in [6.45, 7) is 4.77. The maximum Gasteiger partial charge on any atom is 0.251 e. The van der Waals surface area contributed by atoms with Gasteiger partial charge in [0.1, 0.15) is 0 Å². The number of amides is 3. The molecule has 8 nitrogen and oxygen atoms in total. The fraction of sp³-hybridized carbons (Fsp3) is 0.250. The Bertz CT molecular complexity index is 907. The van der Waals surface area contributed by atoms with Gasteiger partial charge in [-0.25, -0.2) is 0 Å². The van der Waals surface area contributed by atoms with Crippen molar-refractivity contribution in [1.82, 2.24) is 5.32 Å². The summed E-state index contributed by atoms with van der Waals surface area (Å²) in [6.07, 6.45) is 0. The summed E-state index contributed by atoms with van der Waals surface area (Å²) in [6, 6.07) is 9.87. The molecule has 1 aliphatic rings. The second-order valence-electron chi connectivity index (χ2n) is 6.47. The summed E-state index contributed by atoms with van der Waals surface area (Å²) in [5.74, 6) is 0.411. The van der Waals surface area contributed by atoms with Crippen molar-refractivity contribution in [3.05, 3.63) is 47.5 Å². The van der Waals surface area contributed by atoms with Gasteiger partial charge in [0.2, 0.25) is 18.6 Å². The average Bonchev–Trinajstić information content (AvgIpc) is 3.07. The van der Waals surface area contributed by atoms with Crippen molar-refractivity contribution in [1.29, 1.82) is 0 Å². The van der Waals surface area contributed by atoms with Crippen LogP contribution in [0.1, 0.15) is 42.7 Å². The lowest BCUT2D eigenvalue weighted by molar-refractivity contribution is -0.115. The third kappa shape index (κ3) is 4.59. The van der Waals surface area contributed by atoms with Crippen LogP contribution in [0, 0.1) is 0 Å². The molecule has 0 spiro atoms. The zero-order valence-electron chi connectivity index (χ0n) is 15.8. The summed E-state index contributed by atoms with van der Waals surface area (Å²) < 4.78 is 10.7. The summed E-state index contributed by atoms with van der Waals surface area (Å²) >= 11 is 0. The molecule has 3 rings (SSSR count). The van der Waals surface area contributed by atoms with Crippen molar-refractivity contribution in [2.45, 2.75) is 26.8 Å². The number of carbonyl (C=O) groups excluding carboxylic acids is 3. The molecule has 2 aromatic rings. The second-order valence-corrected chi connectivity index (χ2v) is 6.47. The summed E-state index contributed by atoms with van der Waals surface area (Å²) in [4.78, 5) is 35.5. The SMILES string of the molecule is CC(=O)Nc1cc(NC(C)=O)cc(C(=O)NC(C)c2ccc3c(c2)OCO3)c1. The zero-order valence-corrected chi connectivity index (χ0v) is 15.8. The minimum Gasteiger partial charge on any atom is -0.454 e. The molecular weight excluding hydrogens is 362 g/mol.